The molecule has 1 amide bonds. The summed E-state index contributed by atoms with van der Waals surface area (Å²) in [6.45, 7) is 4.43. The van der Waals surface area contributed by atoms with Gasteiger partial charge in [0.25, 0.3) is 0 Å². The average molecular weight is 575 g/mol. The number of carbonyl (C=O) groups is 2. The first-order chi connectivity index (χ1) is 18.6. The van der Waals surface area contributed by atoms with Gasteiger partial charge in [0.1, 0.15) is 12.3 Å². The quantitative estimate of drug-likeness (QED) is 0.324. The molecule has 39 heavy (non-hydrogen) atoms. The number of fused-ring (bicyclic) bond motifs is 1. The van der Waals surface area contributed by atoms with Crippen molar-refractivity contribution in [1.82, 2.24) is 5.32 Å². The Balaban J connectivity index is 1.46. The van der Waals surface area contributed by atoms with E-state index in [9.17, 15) is 9.59 Å². The summed E-state index contributed by atoms with van der Waals surface area (Å²) in [7, 11) is 4.00. The molecular formula is C31H39Cl2N2O4+. The molecule has 1 saturated heterocycles. The lowest BCUT2D eigenvalue weighted by Gasteiger charge is -2.60. The maximum absolute atomic E-state index is 13.2. The van der Waals surface area contributed by atoms with Gasteiger partial charge >= 0.3 is 5.97 Å². The molecule has 2 aromatic carbocycles. The van der Waals surface area contributed by atoms with Gasteiger partial charge in [0.2, 0.25) is 5.91 Å². The molecule has 3 aliphatic rings. The van der Waals surface area contributed by atoms with Crippen molar-refractivity contribution in [2.24, 2.45) is 5.92 Å². The fraction of sp³-hybridized carbons (Fsp3) is 0.548. The van der Waals surface area contributed by atoms with E-state index in [1.807, 2.05) is 18.2 Å². The highest BCUT2D eigenvalue weighted by molar-refractivity contribution is 6.42. The van der Waals surface area contributed by atoms with E-state index < -0.39 is 11.0 Å². The summed E-state index contributed by atoms with van der Waals surface area (Å²) >= 11 is 12.2. The molecule has 0 spiro atoms. The van der Waals surface area contributed by atoms with Crippen molar-refractivity contribution in [2.45, 2.75) is 68.9 Å². The summed E-state index contributed by atoms with van der Waals surface area (Å²) in [4.78, 5) is 25.8. The third kappa shape index (κ3) is 5.94. The highest BCUT2D eigenvalue weighted by Gasteiger charge is 2.64. The van der Waals surface area contributed by atoms with Crippen LogP contribution in [-0.4, -0.2) is 61.8 Å². The summed E-state index contributed by atoms with van der Waals surface area (Å²) in [5.41, 5.74) is 0.844. The van der Waals surface area contributed by atoms with Crippen molar-refractivity contribution in [2.75, 3.05) is 33.8 Å². The van der Waals surface area contributed by atoms with Crippen LogP contribution in [0.3, 0.4) is 0 Å². The van der Waals surface area contributed by atoms with E-state index in [4.69, 9.17) is 32.7 Å². The summed E-state index contributed by atoms with van der Waals surface area (Å²) in [6.07, 6.45) is 5.82. The first-order valence-electron chi connectivity index (χ1n) is 14.0. The molecule has 2 aliphatic carbocycles. The number of halogens is 2. The van der Waals surface area contributed by atoms with Gasteiger partial charge in [0.15, 0.2) is 5.60 Å². The Bertz CT molecular complexity index is 1250. The molecule has 0 aromatic heterocycles. The number of carbonyl (C=O) groups excluding carboxylic acids is 2. The van der Waals surface area contributed by atoms with Crippen molar-refractivity contribution in [3.63, 3.8) is 0 Å². The number of amides is 1. The molecule has 0 radical (unpaired) electrons. The van der Waals surface area contributed by atoms with E-state index in [0.717, 1.165) is 59.8 Å². The SMILES string of the molecule is COc1cccc([C@@]23CC[N@+](C)(CC4CC4)CC2(OC(C)=O)CC[C@@H](NC(=O)Cc2ccc(Cl)c(Cl)c2)C3)c1. The van der Waals surface area contributed by atoms with E-state index in [-0.39, 0.29) is 24.3 Å². The van der Waals surface area contributed by atoms with Crippen LogP contribution < -0.4 is 10.1 Å². The summed E-state index contributed by atoms with van der Waals surface area (Å²) in [6, 6.07) is 13.4. The van der Waals surface area contributed by atoms with Gasteiger partial charge in [-0.05, 0) is 67.5 Å². The van der Waals surface area contributed by atoms with Crippen molar-refractivity contribution in [3.8, 4) is 5.75 Å². The number of nitrogens with one attached hydrogen (secondary N) is 1. The molecule has 6 nitrogen and oxygen atoms in total. The number of rotatable bonds is 8. The Kier molecular flexibility index (Phi) is 7.93. The highest BCUT2D eigenvalue weighted by atomic mass is 35.5. The number of hydrogen-bond acceptors (Lipinski definition) is 4. The van der Waals surface area contributed by atoms with Gasteiger partial charge in [-0.3, -0.25) is 9.59 Å². The van der Waals surface area contributed by atoms with Gasteiger partial charge in [0.05, 0.1) is 43.7 Å². The van der Waals surface area contributed by atoms with Gasteiger partial charge in [-0.15, -0.1) is 0 Å². The number of esters is 1. The summed E-state index contributed by atoms with van der Waals surface area (Å²) in [5.74, 6) is 1.25. The number of methoxy groups -OCH3 is 1. The number of likely N-dealkylation sites (N-methyl/N-ethyl adjacent to an activating group) is 1. The molecule has 8 heteroatoms. The van der Waals surface area contributed by atoms with E-state index in [1.54, 1.807) is 19.2 Å². The van der Waals surface area contributed by atoms with Crippen LogP contribution in [-0.2, 0) is 26.2 Å². The zero-order chi connectivity index (χ0) is 27.8. The number of ether oxygens (including phenoxy) is 2. The minimum absolute atomic E-state index is 0.0459. The van der Waals surface area contributed by atoms with Crippen LogP contribution in [0.25, 0.3) is 0 Å². The smallest absolute Gasteiger partial charge is 0.303 e. The lowest BCUT2D eigenvalue weighted by Crippen LogP contribution is -2.72. The normalized spacial score (nSPS) is 30.2. The Morgan fingerprint density at radius 2 is 1.87 bits per heavy atom. The highest BCUT2D eigenvalue weighted by Crippen LogP contribution is 2.55. The molecule has 1 heterocycles. The predicted molar refractivity (Wildman–Crippen MR) is 153 cm³/mol. The molecular weight excluding hydrogens is 535 g/mol. The van der Waals surface area contributed by atoms with E-state index in [0.29, 0.717) is 22.9 Å². The van der Waals surface area contributed by atoms with Gasteiger partial charge in [-0.2, -0.15) is 0 Å². The molecule has 4 atom stereocenters. The zero-order valence-electron chi connectivity index (χ0n) is 23.1. The lowest BCUT2D eigenvalue weighted by molar-refractivity contribution is -0.924. The molecule has 210 valence electrons. The Morgan fingerprint density at radius 1 is 1.08 bits per heavy atom. The third-order valence-electron chi connectivity index (χ3n) is 9.15. The molecule has 2 saturated carbocycles. The molecule has 2 aromatic rings. The number of nitrogens with zero attached hydrogens (tertiary/aromatic N) is 1. The molecule has 1 aliphatic heterocycles. The van der Waals surface area contributed by atoms with Crippen LogP contribution in [0.5, 0.6) is 5.75 Å². The van der Waals surface area contributed by atoms with E-state index in [2.05, 4.69) is 24.5 Å². The third-order valence-corrected chi connectivity index (χ3v) is 9.89. The monoisotopic (exact) mass is 573 g/mol. The molecule has 1 unspecified atom stereocenters. The van der Waals surface area contributed by atoms with Crippen LogP contribution in [0, 0.1) is 5.92 Å². The van der Waals surface area contributed by atoms with Crippen molar-refractivity contribution >= 4 is 35.1 Å². The summed E-state index contributed by atoms with van der Waals surface area (Å²) in [5, 5.41) is 4.21. The first kappa shape index (κ1) is 28.3. The van der Waals surface area contributed by atoms with Crippen molar-refractivity contribution < 1.29 is 23.5 Å². The fourth-order valence-electron chi connectivity index (χ4n) is 7.29. The van der Waals surface area contributed by atoms with Crippen LogP contribution in [0.15, 0.2) is 42.5 Å². The zero-order valence-corrected chi connectivity index (χ0v) is 24.6. The van der Waals surface area contributed by atoms with Crippen LogP contribution in [0.2, 0.25) is 10.0 Å². The predicted octanol–water partition coefficient (Wildman–Crippen LogP) is 5.71. The maximum atomic E-state index is 13.2. The summed E-state index contributed by atoms with van der Waals surface area (Å²) < 4.78 is 13.0. The second kappa shape index (κ2) is 10.9. The first-order valence-corrected chi connectivity index (χ1v) is 14.7. The molecule has 1 N–H and O–H groups in total. The molecule has 0 bridgehead atoms. The maximum Gasteiger partial charge on any atom is 0.303 e. The Labute approximate surface area is 241 Å². The standard InChI is InChI=1S/C31H38Cl2N2O4/c1-21(36)39-31-12-11-25(34-29(37)16-23-9-10-27(32)28(33)15-23)18-30(31,24-5-4-6-26(17-24)38-3)13-14-35(2,20-31)19-22-7-8-22/h4-6,9-10,15,17,22,25H,7-8,11-14,16,18-20H2,1-3H3/p+1/t25-,30+,31?,35-/m1/s1. The fourth-order valence-corrected chi connectivity index (χ4v) is 7.61. The minimum Gasteiger partial charge on any atom is -0.497 e. The minimum atomic E-state index is -0.655. The number of benzene rings is 2. The van der Waals surface area contributed by atoms with Gasteiger partial charge in [-0.1, -0.05) is 41.4 Å². The second-order valence-corrected chi connectivity index (χ2v) is 13.0. The average Bonchev–Trinajstić information content (AvgIpc) is 3.69. The van der Waals surface area contributed by atoms with Crippen molar-refractivity contribution in [3.05, 3.63) is 63.6 Å². The second-order valence-electron chi connectivity index (χ2n) is 12.2. The number of piperidine rings is 1. The Morgan fingerprint density at radius 3 is 2.56 bits per heavy atom. The van der Waals surface area contributed by atoms with E-state index >= 15 is 0 Å². The van der Waals surface area contributed by atoms with Gasteiger partial charge in [0, 0.05) is 30.7 Å². The van der Waals surface area contributed by atoms with Gasteiger partial charge in [-0.25, -0.2) is 0 Å². The number of likely N-dealkylation sites (tertiary alicyclic amines) is 1. The van der Waals surface area contributed by atoms with Crippen LogP contribution in [0.1, 0.15) is 56.6 Å². The van der Waals surface area contributed by atoms with E-state index in [1.165, 1.54) is 19.8 Å². The van der Waals surface area contributed by atoms with Crippen LogP contribution in [0.4, 0.5) is 0 Å². The topological polar surface area (TPSA) is 64.6 Å². The van der Waals surface area contributed by atoms with Crippen molar-refractivity contribution in [1.29, 1.82) is 0 Å². The van der Waals surface area contributed by atoms with Gasteiger partial charge < -0.3 is 19.3 Å². The Hall–Kier alpha value is -2.28. The number of quaternary nitrogens is 1. The number of hydrogen-bond donors (Lipinski definition) is 1. The largest absolute Gasteiger partial charge is 0.497 e. The lowest BCUT2D eigenvalue weighted by atomic mass is 9.54. The molecule has 5 rings (SSSR count). The molecule has 3 fully saturated rings. The van der Waals surface area contributed by atoms with Crippen LogP contribution >= 0.6 is 23.2 Å².